The molecule has 8 heteroatoms. The summed E-state index contributed by atoms with van der Waals surface area (Å²) >= 11 is 1.38. The van der Waals surface area contributed by atoms with Crippen LogP contribution in [0, 0.1) is 0 Å². The van der Waals surface area contributed by atoms with Crippen LogP contribution >= 0.6 is 11.8 Å². The molecule has 33 heavy (non-hydrogen) atoms. The van der Waals surface area contributed by atoms with Crippen molar-refractivity contribution < 1.29 is 33.6 Å². The fraction of sp³-hybridized carbons (Fsp3) is 0.400. The van der Waals surface area contributed by atoms with Gasteiger partial charge in [-0.3, -0.25) is 4.79 Å². The van der Waals surface area contributed by atoms with Gasteiger partial charge in [-0.15, -0.1) is 6.58 Å². The van der Waals surface area contributed by atoms with Crippen LogP contribution < -0.4 is 4.74 Å². The maximum absolute atomic E-state index is 11.8. The van der Waals surface area contributed by atoms with Gasteiger partial charge in [-0.25, -0.2) is 0 Å². The van der Waals surface area contributed by atoms with Crippen LogP contribution in [0.2, 0.25) is 0 Å². The largest absolute Gasteiger partial charge is 0.497 e. The molecule has 0 radical (unpaired) electrons. The van der Waals surface area contributed by atoms with E-state index in [1.165, 1.54) is 18.7 Å². The summed E-state index contributed by atoms with van der Waals surface area (Å²) in [7, 11) is 1.60. The molecule has 178 valence electrons. The first kappa shape index (κ1) is 25.3. The Labute approximate surface area is 198 Å². The summed E-state index contributed by atoms with van der Waals surface area (Å²) in [5.74, 6) is 0.248. The number of esters is 1. The van der Waals surface area contributed by atoms with Gasteiger partial charge in [-0.05, 0) is 29.8 Å². The van der Waals surface area contributed by atoms with Gasteiger partial charge in [0, 0.05) is 11.8 Å². The zero-order chi connectivity index (χ0) is 23.6. The third kappa shape index (κ3) is 7.31. The normalized spacial score (nSPS) is 24.8. The Bertz CT molecular complexity index is 874. The summed E-state index contributed by atoms with van der Waals surface area (Å²) in [6.07, 6.45) is -1.78. The van der Waals surface area contributed by atoms with Crippen molar-refractivity contribution in [2.24, 2.45) is 0 Å². The predicted octanol–water partition coefficient (Wildman–Crippen LogP) is 3.59. The number of carbonyl (C=O) groups excluding carboxylic acids is 1. The first-order valence-electron chi connectivity index (χ1n) is 10.7. The monoisotopic (exact) mass is 474 g/mol. The lowest BCUT2D eigenvalue weighted by atomic mass is 9.99. The molecule has 1 fully saturated rings. The number of ether oxygens (including phenoxy) is 5. The van der Waals surface area contributed by atoms with Gasteiger partial charge in [0.25, 0.3) is 0 Å². The van der Waals surface area contributed by atoms with Crippen molar-refractivity contribution in [1.29, 1.82) is 0 Å². The molecule has 5 atom stereocenters. The van der Waals surface area contributed by atoms with Crippen molar-refractivity contribution in [1.82, 2.24) is 0 Å². The number of methoxy groups -OCH3 is 1. The lowest BCUT2D eigenvalue weighted by Crippen LogP contribution is -2.59. The van der Waals surface area contributed by atoms with Gasteiger partial charge < -0.3 is 28.8 Å². The van der Waals surface area contributed by atoms with Crippen molar-refractivity contribution in [2.45, 2.75) is 48.3 Å². The van der Waals surface area contributed by atoms with E-state index in [9.17, 15) is 9.90 Å². The zero-order valence-corrected chi connectivity index (χ0v) is 19.6. The highest BCUT2D eigenvalue weighted by Crippen LogP contribution is 2.37. The van der Waals surface area contributed by atoms with Crippen molar-refractivity contribution >= 4 is 17.7 Å². The molecule has 0 bridgehead atoms. The lowest BCUT2D eigenvalue weighted by Gasteiger charge is -2.43. The van der Waals surface area contributed by atoms with Crippen LogP contribution in [0.3, 0.4) is 0 Å². The molecule has 7 nitrogen and oxygen atoms in total. The predicted molar refractivity (Wildman–Crippen MR) is 125 cm³/mol. The Morgan fingerprint density at radius 1 is 1.15 bits per heavy atom. The topological polar surface area (TPSA) is 83.5 Å². The van der Waals surface area contributed by atoms with Crippen LogP contribution in [0.5, 0.6) is 5.75 Å². The van der Waals surface area contributed by atoms with Crippen molar-refractivity contribution in [3.63, 3.8) is 0 Å². The summed E-state index contributed by atoms with van der Waals surface area (Å²) in [5.41, 5.74) is 0.398. The van der Waals surface area contributed by atoms with E-state index in [1.807, 2.05) is 54.6 Å². The summed E-state index contributed by atoms with van der Waals surface area (Å²) < 4.78 is 28.6. The molecule has 0 spiro atoms. The van der Waals surface area contributed by atoms with E-state index in [0.29, 0.717) is 6.61 Å². The number of carbonyl (C=O) groups is 1. The SMILES string of the molecule is C=CCO[C@H]1[C@H](O)[C@@H](COCc2ccccc2)O[C@@H](Sc2ccc(OC)cc2)[C@@H]1OC(C)=O. The second-order valence-electron chi connectivity index (χ2n) is 7.49. The Hall–Kier alpha value is -2.36. The number of hydrogen-bond donors (Lipinski definition) is 1. The van der Waals surface area contributed by atoms with Crippen molar-refractivity contribution in [2.75, 3.05) is 20.3 Å². The summed E-state index contributed by atoms with van der Waals surface area (Å²) in [6.45, 7) is 5.72. The first-order valence-corrected chi connectivity index (χ1v) is 11.6. The van der Waals surface area contributed by atoms with E-state index < -0.39 is 35.8 Å². The highest BCUT2D eigenvalue weighted by atomic mass is 32.2. The Morgan fingerprint density at radius 2 is 1.88 bits per heavy atom. The third-order valence-electron chi connectivity index (χ3n) is 5.03. The maximum atomic E-state index is 11.8. The molecule has 2 aromatic rings. The molecule has 0 saturated carbocycles. The van der Waals surface area contributed by atoms with Crippen molar-refractivity contribution in [3.8, 4) is 5.75 Å². The number of rotatable bonds is 11. The smallest absolute Gasteiger partial charge is 0.303 e. The molecule has 1 aliphatic rings. The molecule has 1 heterocycles. The molecule has 0 amide bonds. The van der Waals surface area contributed by atoms with E-state index in [0.717, 1.165) is 16.2 Å². The maximum Gasteiger partial charge on any atom is 0.303 e. The Balaban J connectivity index is 1.77. The molecule has 0 unspecified atom stereocenters. The van der Waals surface area contributed by atoms with E-state index >= 15 is 0 Å². The van der Waals surface area contributed by atoms with Gasteiger partial charge in [-0.2, -0.15) is 0 Å². The number of benzene rings is 2. The van der Waals surface area contributed by atoms with E-state index in [1.54, 1.807) is 13.2 Å². The van der Waals surface area contributed by atoms with Crippen LogP contribution in [0.4, 0.5) is 0 Å². The minimum atomic E-state index is -1.06. The second kappa shape index (κ2) is 12.8. The number of hydrogen-bond acceptors (Lipinski definition) is 8. The molecule has 2 aromatic carbocycles. The second-order valence-corrected chi connectivity index (χ2v) is 8.66. The van der Waals surface area contributed by atoms with Gasteiger partial charge in [0.15, 0.2) is 6.10 Å². The van der Waals surface area contributed by atoms with Gasteiger partial charge >= 0.3 is 5.97 Å². The standard InChI is InChI=1S/C25H30O7S/c1-4-14-30-23-22(27)21(16-29-15-18-8-6-5-7-9-18)32-25(24(23)31-17(2)26)33-20-12-10-19(28-3)11-13-20/h4-13,21-25,27H,1,14-16H2,2-3H3/t21-,22-,23+,24-,25+/m1/s1. The van der Waals surface area contributed by atoms with Gasteiger partial charge in [0.05, 0.1) is 26.9 Å². The molecule has 3 rings (SSSR count). The van der Waals surface area contributed by atoms with Crippen LogP contribution in [-0.2, 0) is 30.3 Å². The minimum Gasteiger partial charge on any atom is -0.497 e. The number of aliphatic hydroxyl groups is 1. The van der Waals surface area contributed by atoms with Crippen LogP contribution in [0.15, 0.2) is 72.1 Å². The molecular formula is C25H30O7S. The Morgan fingerprint density at radius 3 is 2.52 bits per heavy atom. The number of aliphatic hydroxyl groups excluding tert-OH is 1. The highest BCUT2D eigenvalue weighted by Gasteiger charge is 2.48. The average Bonchev–Trinajstić information content (AvgIpc) is 2.82. The summed E-state index contributed by atoms with van der Waals surface area (Å²) in [4.78, 5) is 12.7. The van der Waals surface area contributed by atoms with E-state index in [4.69, 9.17) is 23.7 Å². The lowest BCUT2D eigenvalue weighted by molar-refractivity contribution is -0.231. The van der Waals surface area contributed by atoms with Gasteiger partial charge in [0.2, 0.25) is 0 Å². The van der Waals surface area contributed by atoms with E-state index in [-0.39, 0.29) is 13.2 Å². The molecule has 0 aromatic heterocycles. The third-order valence-corrected chi connectivity index (χ3v) is 6.19. The first-order chi connectivity index (χ1) is 16.0. The summed E-state index contributed by atoms with van der Waals surface area (Å²) in [6, 6.07) is 17.2. The Kier molecular flexibility index (Phi) is 9.77. The van der Waals surface area contributed by atoms with Crippen molar-refractivity contribution in [3.05, 3.63) is 72.8 Å². The fourth-order valence-electron chi connectivity index (χ4n) is 3.47. The molecule has 1 N–H and O–H groups in total. The quantitative estimate of drug-likeness (QED) is 0.391. The highest BCUT2D eigenvalue weighted by molar-refractivity contribution is 7.99. The average molecular weight is 475 g/mol. The van der Waals surface area contributed by atoms with Gasteiger partial charge in [-0.1, -0.05) is 48.2 Å². The molecule has 0 aliphatic carbocycles. The molecule has 1 saturated heterocycles. The minimum absolute atomic E-state index is 0.149. The van der Waals surface area contributed by atoms with Crippen LogP contribution in [-0.4, -0.2) is 61.3 Å². The summed E-state index contributed by atoms with van der Waals surface area (Å²) in [5, 5.41) is 11.0. The van der Waals surface area contributed by atoms with E-state index in [2.05, 4.69) is 6.58 Å². The molecule has 1 aliphatic heterocycles. The fourth-order valence-corrected chi connectivity index (χ4v) is 4.57. The molecular weight excluding hydrogens is 444 g/mol. The van der Waals surface area contributed by atoms with Gasteiger partial charge in [0.1, 0.15) is 29.5 Å². The zero-order valence-electron chi connectivity index (χ0n) is 18.8. The van der Waals surface area contributed by atoms with Crippen LogP contribution in [0.25, 0.3) is 0 Å². The number of thioether (sulfide) groups is 1. The van der Waals surface area contributed by atoms with Crippen LogP contribution in [0.1, 0.15) is 12.5 Å².